The Balaban J connectivity index is 1.61. The normalized spacial score (nSPS) is 27.4. The van der Waals surface area contributed by atoms with Crippen molar-refractivity contribution in [2.75, 3.05) is 13.1 Å². The predicted octanol–water partition coefficient (Wildman–Crippen LogP) is 3.10. The van der Waals surface area contributed by atoms with E-state index in [1.54, 1.807) is 0 Å². The zero-order valence-corrected chi connectivity index (χ0v) is 13.5. The first-order chi connectivity index (χ1) is 9.51. The maximum absolute atomic E-state index is 11.9. The standard InChI is InChI=1S/C17H32N2O/c1-4-17(2,3)14-7-9-15(10-8-14)19-16(20)12-18-11-13-5-6-13/h13-15,18H,4-12H2,1-3H3,(H,19,20). The SMILES string of the molecule is CCC(C)(C)C1CCC(NC(=O)CNCC2CC2)CC1. The molecule has 20 heavy (non-hydrogen) atoms. The highest BCUT2D eigenvalue weighted by atomic mass is 16.1. The van der Waals surface area contributed by atoms with Crippen LogP contribution >= 0.6 is 0 Å². The number of carbonyl (C=O) groups is 1. The summed E-state index contributed by atoms with van der Waals surface area (Å²) in [7, 11) is 0. The van der Waals surface area contributed by atoms with Gasteiger partial charge in [-0.3, -0.25) is 4.79 Å². The quantitative estimate of drug-likeness (QED) is 0.752. The van der Waals surface area contributed by atoms with Crippen molar-refractivity contribution in [3.8, 4) is 0 Å². The fourth-order valence-electron chi connectivity index (χ4n) is 3.30. The summed E-state index contributed by atoms with van der Waals surface area (Å²) in [6.45, 7) is 8.58. The Morgan fingerprint density at radius 2 is 1.75 bits per heavy atom. The lowest BCUT2D eigenvalue weighted by Crippen LogP contribution is -2.43. The van der Waals surface area contributed by atoms with Crippen molar-refractivity contribution in [1.82, 2.24) is 10.6 Å². The summed E-state index contributed by atoms with van der Waals surface area (Å²) in [6, 6.07) is 0.411. The van der Waals surface area contributed by atoms with E-state index in [-0.39, 0.29) is 5.91 Å². The van der Waals surface area contributed by atoms with Crippen LogP contribution in [0.25, 0.3) is 0 Å². The summed E-state index contributed by atoms with van der Waals surface area (Å²) in [5, 5.41) is 6.47. The van der Waals surface area contributed by atoms with Crippen LogP contribution in [0.5, 0.6) is 0 Å². The smallest absolute Gasteiger partial charge is 0.234 e. The fraction of sp³-hybridized carbons (Fsp3) is 0.941. The molecule has 0 spiro atoms. The molecule has 0 aromatic heterocycles. The van der Waals surface area contributed by atoms with Gasteiger partial charge in [-0.2, -0.15) is 0 Å². The minimum absolute atomic E-state index is 0.184. The maximum atomic E-state index is 11.9. The minimum atomic E-state index is 0.184. The van der Waals surface area contributed by atoms with Crippen LogP contribution in [0.3, 0.4) is 0 Å². The topological polar surface area (TPSA) is 41.1 Å². The minimum Gasteiger partial charge on any atom is -0.352 e. The summed E-state index contributed by atoms with van der Waals surface area (Å²) in [5.74, 6) is 1.85. The Morgan fingerprint density at radius 1 is 1.10 bits per heavy atom. The van der Waals surface area contributed by atoms with Gasteiger partial charge in [0.2, 0.25) is 5.91 Å². The lowest BCUT2D eigenvalue weighted by atomic mass is 9.69. The van der Waals surface area contributed by atoms with Crippen LogP contribution in [-0.4, -0.2) is 25.0 Å². The van der Waals surface area contributed by atoms with E-state index in [2.05, 4.69) is 31.4 Å². The van der Waals surface area contributed by atoms with E-state index in [1.807, 2.05) is 0 Å². The van der Waals surface area contributed by atoms with Crippen LogP contribution in [0.4, 0.5) is 0 Å². The molecule has 3 heteroatoms. The van der Waals surface area contributed by atoms with E-state index in [1.165, 1.54) is 32.1 Å². The highest BCUT2D eigenvalue weighted by Crippen LogP contribution is 2.40. The van der Waals surface area contributed by atoms with Crippen molar-refractivity contribution in [2.45, 2.75) is 71.8 Å². The first-order valence-corrected chi connectivity index (χ1v) is 8.51. The van der Waals surface area contributed by atoms with Gasteiger partial charge in [-0.1, -0.05) is 27.2 Å². The van der Waals surface area contributed by atoms with Crippen LogP contribution < -0.4 is 10.6 Å². The zero-order chi connectivity index (χ0) is 14.6. The molecule has 2 saturated carbocycles. The Bertz CT molecular complexity index is 315. The molecule has 3 nitrogen and oxygen atoms in total. The van der Waals surface area contributed by atoms with Crippen molar-refractivity contribution in [3.05, 3.63) is 0 Å². The molecule has 2 fully saturated rings. The van der Waals surface area contributed by atoms with Gasteiger partial charge in [-0.15, -0.1) is 0 Å². The molecule has 0 bridgehead atoms. The van der Waals surface area contributed by atoms with Crippen LogP contribution in [0.2, 0.25) is 0 Å². The highest BCUT2D eigenvalue weighted by Gasteiger charge is 2.32. The van der Waals surface area contributed by atoms with Gasteiger partial charge >= 0.3 is 0 Å². The van der Waals surface area contributed by atoms with Gasteiger partial charge in [-0.05, 0) is 62.3 Å². The average molecular weight is 280 g/mol. The second-order valence-corrected chi connectivity index (χ2v) is 7.53. The van der Waals surface area contributed by atoms with Gasteiger partial charge in [-0.25, -0.2) is 0 Å². The molecule has 0 heterocycles. The summed E-state index contributed by atoms with van der Waals surface area (Å²) in [5.41, 5.74) is 0.459. The van der Waals surface area contributed by atoms with Crippen LogP contribution in [0, 0.1) is 17.3 Å². The van der Waals surface area contributed by atoms with E-state index in [9.17, 15) is 4.79 Å². The summed E-state index contributed by atoms with van der Waals surface area (Å²) in [6.07, 6.45) is 8.77. The van der Waals surface area contributed by atoms with Crippen molar-refractivity contribution in [1.29, 1.82) is 0 Å². The third-order valence-electron chi connectivity index (χ3n) is 5.52. The third kappa shape index (κ3) is 4.76. The molecule has 2 N–H and O–H groups in total. The first kappa shape index (κ1) is 15.8. The molecule has 2 aliphatic carbocycles. The van der Waals surface area contributed by atoms with Crippen molar-refractivity contribution < 1.29 is 4.79 Å². The largest absolute Gasteiger partial charge is 0.352 e. The predicted molar refractivity (Wildman–Crippen MR) is 83.6 cm³/mol. The molecule has 0 saturated heterocycles. The molecule has 0 aromatic rings. The van der Waals surface area contributed by atoms with Crippen molar-refractivity contribution in [2.24, 2.45) is 17.3 Å². The van der Waals surface area contributed by atoms with E-state index in [0.29, 0.717) is 18.0 Å². The van der Waals surface area contributed by atoms with Gasteiger partial charge in [0.1, 0.15) is 0 Å². The Kier molecular flexibility index (Phi) is 5.48. The van der Waals surface area contributed by atoms with Gasteiger partial charge in [0.25, 0.3) is 0 Å². The number of amides is 1. The third-order valence-corrected chi connectivity index (χ3v) is 5.52. The Labute approximate surface area is 124 Å². The molecule has 0 aromatic carbocycles. The fourth-order valence-corrected chi connectivity index (χ4v) is 3.30. The molecular weight excluding hydrogens is 248 g/mol. The van der Waals surface area contributed by atoms with E-state index >= 15 is 0 Å². The molecule has 0 atom stereocenters. The maximum Gasteiger partial charge on any atom is 0.234 e. The lowest BCUT2D eigenvalue weighted by molar-refractivity contribution is -0.121. The van der Waals surface area contributed by atoms with Crippen molar-refractivity contribution in [3.63, 3.8) is 0 Å². The Hall–Kier alpha value is -0.570. The van der Waals surface area contributed by atoms with E-state index in [4.69, 9.17) is 0 Å². The first-order valence-electron chi connectivity index (χ1n) is 8.51. The second-order valence-electron chi connectivity index (χ2n) is 7.53. The molecule has 2 rings (SSSR count). The van der Waals surface area contributed by atoms with E-state index in [0.717, 1.165) is 31.2 Å². The second kappa shape index (κ2) is 6.93. The number of hydrogen-bond acceptors (Lipinski definition) is 2. The van der Waals surface area contributed by atoms with Gasteiger partial charge < -0.3 is 10.6 Å². The number of carbonyl (C=O) groups excluding carboxylic acids is 1. The molecule has 0 radical (unpaired) electrons. The summed E-state index contributed by atoms with van der Waals surface area (Å²) < 4.78 is 0. The highest BCUT2D eigenvalue weighted by molar-refractivity contribution is 5.78. The van der Waals surface area contributed by atoms with Crippen molar-refractivity contribution >= 4 is 5.91 Å². The zero-order valence-electron chi connectivity index (χ0n) is 13.5. The van der Waals surface area contributed by atoms with Crippen LogP contribution in [0.1, 0.15) is 65.7 Å². The summed E-state index contributed by atoms with van der Waals surface area (Å²) >= 11 is 0. The molecule has 116 valence electrons. The number of rotatable bonds is 7. The van der Waals surface area contributed by atoms with Gasteiger partial charge in [0.15, 0.2) is 0 Å². The number of hydrogen-bond donors (Lipinski definition) is 2. The molecule has 1 amide bonds. The van der Waals surface area contributed by atoms with Crippen LogP contribution in [0.15, 0.2) is 0 Å². The van der Waals surface area contributed by atoms with Gasteiger partial charge in [0, 0.05) is 6.04 Å². The van der Waals surface area contributed by atoms with Crippen LogP contribution in [-0.2, 0) is 4.79 Å². The number of nitrogens with one attached hydrogen (secondary N) is 2. The molecular formula is C17H32N2O. The average Bonchev–Trinajstić information content (AvgIpc) is 3.23. The van der Waals surface area contributed by atoms with Gasteiger partial charge in [0.05, 0.1) is 6.54 Å². The lowest BCUT2D eigenvalue weighted by Gasteiger charge is -2.39. The summed E-state index contributed by atoms with van der Waals surface area (Å²) in [4.78, 5) is 11.9. The Morgan fingerprint density at radius 3 is 2.30 bits per heavy atom. The molecule has 0 unspecified atom stereocenters. The van der Waals surface area contributed by atoms with E-state index < -0.39 is 0 Å². The molecule has 2 aliphatic rings. The molecule has 0 aliphatic heterocycles. The monoisotopic (exact) mass is 280 g/mol.